The maximum atomic E-state index is 11.0. The molecule has 15 heavy (non-hydrogen) atoms. The van der Waals surface area contributed by atoms with E-state index >= 15 is 0 Å². The number of unbranched alkanes of at least 4 members (excludes halogenated alkanes) is 1. The standard InChI is InChI=1S/C10H20N2O3/c1-8(10(14)15-2)5-3-4-6-12-9(13)7-11/h8H,3-7,11H2,1-2H3,(H,12,13)/t8-/m0/s1. The predicted octanol–water partition coefficient (Wildman–Crippen LogP) is 0.0407. The van der Waals surface area contributed by atoms with E-state index < -0.39 is 0 Å². The van der Waals surface area contributed by atoms with Crippen molar-refractivity contribution in [3.05, 3.63) is 0 Å². The molecule has 0 heterocycles. The van der Waals surface area contributed by atoms with Gasteiger partial charge in [-0.2, -0.15) is 0 Å². The Labute approximate surface area is 90.4 Å². The van der Waals surface area contributed by atoms with E-state index in [0.29, 0.717) is 6.54 Å². The molecule has 0 unspecified atom stereocenters. The zero-order valence-electron chi connectivity index (χ0n) is 9.41. The lowest BCUT2D eigenvalue weighted by molar-refractivity contribution is -0.145. The maximum Gasteiger partial charge on any atom is 0.308 e. The van der Waals surface area contributed by atoms with Gasteiger partial charge in [-0.3, -0.25) is 9.59 Å². The van der Waals surface area contributed by atoms with Crippen LogP contribution in [0.4, 0.5) is 0 Å². The first-order chi connectivity index (χ1) is 7.11. The van der Waals surface area contributed by atoms with Crippen molar-refractivity contribution < 1.29 is 14.3 Å². The molecule has 0 aliphatic heterocycles. The van der Waals surface area contributed by atoms with Crippen molar-refractivity contribution >= 4 is 11.9 Å². The van der Waals surface area contributed by atoms with Gasteiger partial charge in [0.2, 0.25) is 5.91 Å². The lowest BCUT2D eigenvalue weighted by Crippen LogP contribution is -2.30. The molecule has 0 saturated carbocycles. The highest BCUT2D eigenvalue weighted by Gasteiger charge is 2.11. The number of carbonyl (C=O) groups excluding carboxylic acids is 2. The summed E-state index contributed by atoms with van der Waals surface area (Å²) in [5.74, 6) is -0.391. The van der Waals surface area contributed by atoms with Crippen LogP contribution in [0, 0.1) is 5.92 Å². The Hall–Kier alpha value is -1.10. The third-order valence-electron chi connectivity index (χ3n) is 2.18. The molecule has 0 bridgehead atoms. The van der Waals surface area contributed by atoms with Crippen molar-refractivity contribution in [2.24, 2.45) is 11.7 Å². The summed E-state index contributed by atoms with van der Waals surface area (Å²) in [5.41, 5.74) is 5.12. The van der Waals surface area contributed by atoms with Crippen LogP contribution in [0.15, 0.2) is 0 Å². The summed E-state index contributed by atoms with van der Waals surface area (Å²) in [6.07, 6.45) is 2.53. The normalized spacial score (nSPS) is 11.9. The maximum absolute atomic E-state index is 11.0. The van der Waals surface area contributed by atoms with Crippen LogP contribution in [0.5, 0.6) is 0 Å². The van der Waals surface area contributed by atoms with Crippen LogP contribution in [0.3, 0.4) is 0 Å². The summed E-state index contributed by atoms with van der Waals surface area (Å²) in [6.45, 7) is 2.48. The summed E-state index contributed by atoms with van der Waals surface area (Å²) in [7, 11) is 1.39. The molecule has 0 fully saturated rings. The highest BCUT2D eigenvalue weighted by atomic mass is 16.5. The number of esters is 1. The highest BCUT2D eigenvalue weighted by molar-refractivity contribution is 5.77. The van der Waals surface area contributed by atoms with Crippen molar-refractivity contribution in [3.8, 4) is 0 Å². The van der Waals surface area contributed by atoms with Gasteiger partial charge < -0.3 is 15.8 Å². The molecule has 0 aromatic heterocycles. The second-order valence-corrected chi connectivity index (χ2v) is 3.47. The van der Waals surface area contributed by atoms with Gasteiger partial charge in [-0.05, 0) is 12.8 Å². The lowest BCUT2D eigenvalue weighted by atomic mass is 10.0. The van der Waals surface area contributed by atoms with Gasteiger partial charge in [0.25, 0.3) is 0 Å². The van der Waals surface area contributed by atoms with Crippen molar-refractivity contribution in [2.45, 2.75) is 26.2 Å². The van der Waals surface area contributed by atoms with Gasteiger partial charge in [0, 0.05) is 6.54 Å². The number of hydrogen-bond donors (Lipinski definition) is 2. The molecule has 5 nitrogen and oxygen atoms in total. The SMILES string of the molecule is COC(=O)[C@@H](C)CCCCNC(=O)CN. The molecule has 0 aromatic rings. The van der Waals surface area contributed by atoms with E-state index in [1.807, 2.05) is 6.92 Å². The first-order valence-electron chi connectivity index (χ1n) is 5.16. The number of hydrogen-bond acceptors (Lipinski definition) is 4. The topological polar surface area (TPSA) is 81.4 Å². The van der Waals surface area contributed by atoms with Gasteiger partial charge in [-0.25, -0.2) is 0 Å². The van der Waals surface area contributed by atoms with Gasteiger partial charge in [0.1, 0.15) is 0 Å². The first-order valence-corrected chi connectivity index (χ1v) is 5.16. The Morgan fingerprint density at radius 1 is 1.40 bits per heavy atom. The quantitative estimate of drug-likeness (QED) is 0.465. The first kappa shape index (κ1) is 13.9. The molecule has 0 saturated heterocycles. The number of amides is 1. The number of methoxy groups -OCH3 is 1. The Kier molecular flexibility index (Phi) is 7.62. The van der Waals surface area contributed by atoms with Crippen LogP contribution in [0.2, 0.25) is 0 Å². The summed E-state index contributed by atoms with van der Waals surface area (Å²) in [6, 6.07) is 0. The van der Waals surface area contributed by atoms with Crippen molar-refractivity contribution in [1.82, 2.24) is 5.32 Å². The van der Waals surface area contributed by atoms with Crippen molar-refractivity contribution in [1.29, 1.82) is 0 Å². The molecular weight excluding hydrogens is 196 g/mol. The molecule has 0 aromatic carbocycles. The van der Waals surface area contributed by atoms with E-state index in [0.717, 1.165) is 19.3 Å². The van der Waals surface area contributed by atoms with Crippen LogP contribution in [0.1, 0.15) is 26.2 Å². The molecule has 3 N–H and O–H groups in total. The van der Waals surface area contributed by atoms with Gasteiger partial charge in [-0.15, -0.1) is 0 Å². The molecule has 0 rings (SSSR count). The lowest BCUT2D eigenvalue weighted by Gasteiger charge is -2.08. The Morgan fingerprint density at radius 2 is 2.07 bits per heavy atom. The molecule has 5 heteroatoms. The number of ether oxygens (including phenoxy) is 1. The van der Waals surface area contributed by atoms with E-state index in [4.69, 9.17) is 5.73 Å². The second kappa shape index (κ2) is 8.23. The van der Waals surface area contributed by atoms with Gasteiger partial charge in [0.05, 0.1) is 19.6 Å². The minimum Gasteiger partial charge on any atom is -0.469 e. The summed E-state index contributed by atoms with van der Waals surface area (Å²) in [5, 5.41) is 2.67. The summed E-state index contributed by atoms with van der Waals surface area (Å²) in [4.78, 5) is 21.8. The molecule has 1 atom stereocenters. The fourth-order valence-electron chi connectivity index (χ4n) is 1.19. The average Bonchev–Trinajstić information content (AvgIpc) is 2.26. The minimum atomic E-state index is -0.180. The Balaban J connectivity index is 3.38. The van der Waals surface area contributed by atoms with Crippen LogP contribution < -0.4 is 11.1 Å². The van der Waals surface area contributed by atoms with Gasteiger partial charge in [-0.1, -0.05) is 13.3 Å². The van der Waals surface area contributed by atoms with Gasteiger partial charge >= 0.3 is 5.97 Å². The monoisotopic (exact) mass is 216 g/mol. The number of nitrogens with one attached hydrogen (secondary N) is 1. The van der Waals surface area contributed by atoms with Crippen LogP contribution >= 0.6 is 0 Å². The second-order valence-electron chi connectivity index (χ2n) is 3.47. The van der Waals surface area contributed by atoms with E-state index in [9.17, 15) is 9.59 Å². The Bertz CT molecular complexity index is 207. The number of rotatable bonds is 7. The van der Waals surface area contributed by atoms with Crippen LogP contribution in [-0.2, 0) is 14.3 Å². The number of nitrogens with two attached hydrogens (primary N) is 1. The van der Waals surface area contributed by atoms with Crippen LogP contribution in [-0.4, -0.2) is 32.1 Å². The van der Waals surface area contributed by atoms with Gasteiger partial charge in [0.15, 0.2) is 0 Å². The third-order valence-corrected chi connectivity index (χ3v) is 2.18. The molecule has 0 aliphatic carbocycles. The molecule has 0 aliphatic rings. The van der Waals surface area contributed by atoms with E-state index in [-0.39, 0.29) is 24.3 Å². The summed E-state index contributed by atoms with van der Waals surface area (Å²) >= 11 is 0. The molecule has 0 spiro atoms. The van der Waals surface area contributed by atoms with Crippen LogP contribution in [0.25, 0.3) is 0 Å². The van der Waals surface area contributed by atoms with Crippen molar-refractivity contribution in [2.75, 3.05) is 20.2 Å². The van der Waals surface area contributed by atoms with E-state index in [2.05, 4.69) is 10.1 Å². The fourth-order valence-corrected chi connectivity index (χ4v) is 1.19. The molecule has 1 amide bonds. The average molecular weight is 216 g/mol. The zero-order chi connectivity index (χ0) is 11.7. The largest absolute Gasteiger partial charge is 0.469 e. The minimum absolute atomic E-state index is 0.0264. The van der Waals surface area contributed by atoms with E-state index in [1.165, 1.54) is 7.11 Å². The Morgan fingerprint density at radius 3 is 2.60 bits per heavy atom. The van der Waals surface area contributed by atoms with Crippen molar-refractivity contribution in [3.63, 3.8) is 0 Å². The van der Waals surface area contributed by atoms with E-state index in [1.54, 1.807) is 0 Å². The molecule has 88 valence electrons. The fraction of sp³-hybridized carbons (Fsp3) is 0.800. The zero-order valence-corrected chi connectivity index (χ0v) is 9.41. The number of carbonyl (C=O) groups is 2. The third kappa shape index (κ3) is 6.90. The molecular formula is C10H20N2O3. The predicted molar refractivity (Wildman–Crippen MR) is 57.1 cm³/mol. The highest BCUT2D eigenvalue weighted by Crippen LogP contribution is 2.08. The molecule has 0 radical (unpaired) electrons. The smallest absolute Gasteiger partial charge is 0.308 e. The summed E-state index contributed by atoms with van der Waals surface area (Å²) < 4.78 is 4.60.